The molecule has 1 aliphatic heterocycles. The van der Waals surface area contributed by atoms with Gasteiger partial charge in [-0.05, 0) is 12.1 Å². The van der Waals surface area contributed by atoms with Crippen LogP contribution < -0.4 is 4.74 Å². The molecule has 1 aliphatic rings. The smallest absolute Gasteiger partial charge is 0.352 e. The van der Waals surface area contributed by atoms with Gasteiger partial charge >= 0.3 is 5.97 Å². The monoisotopic (exact) mass is 282 g/mol. The van der Waals surface area contributed by atoms with Gasteiger partial charge in [0.1, 0.15) is 11.5 Å². The topological polar surface area (TPSA) is 35.5 Å². The van der Waals surface area contributed by atoms with E-state index in [1.54, 1.807) is 4.99 Å². The van der Waals surface area contributed by atoms with E-state index >= 15 is 0 Å². The molecule has 1 atom stereocenters. The molecule has 0 N–H and O–H groups in total. The first-order valence-corrected chi connectivity index (χ1v) is 5.94. The van der Waals surface area contributed by atoms with E-state index in [1.165, 1.54) is 0 Å². The van der Waals surface area contributed by atoms with Gasteiger partial charge in [0.05, 0.1) is 0 Å². The number of para-hydroxylation sites is 1. The summed E-state index contributed by atoms with van der Waals surface area (Å²) in [6.45, 7) is 0. The van der Waals surface area contributed by atoms with E-state index in [0.29, 0.717) is 24.4 Å². The van der Waals surface area contributed by atoms with Crippen LogP contribution in [0.25, 0.3) is 0 Å². The van der Waals surface area contributed by atoms with Crippen LogP contribution in [0.2, 0.25) is 0 Å². The summed E-state index contributed by atoms with van der Waals surface area (Å²) in [5, 5.41) is 0. The van der Waals surface area contributed by atoms with E-state index in [4.69, 9.17) is 9.47 Å². The molecule has 1 saturated heterocycles. The van der Waals surface area contributed by atoms with Crippen molar-refractivity contribution in [3.63, 3.8) is 0 Å². The molecule has 84 valence electrons. The molecule has 1 unspecified atom stereocenters. The molecule has 0 aromatic heterocycles. The van der Waals surface area contributed by atoms with Crippen LogP contribution >= 0.6 is 15.9 Å². The van der Waals surface area contributed by atoms with Crippen LogP contribution in [0.4, 0.5) is 0 Å². The number of esters is 1. The summed E-state index contributed by atoms with van der Waals surface area (Å²) in [6.07, 6.45) is 0.846. The fourth-order valence-corrected chi connectivity index (χ4v) is 1.81. The minimum absolute atomic E-state index is 0.333. The second-order valence-corrected chi connectivity index (χ2v) is 3.91. The lowest BCUT2D eigenvalue weighted by atomic mass is 10.1. The highest BCUT2D eigenvalue weighted by atomic mass is 79.9. The molecule has 0 spiro atoms. The van der Waals surface area contributed by atoms with Gasteiger partial charge < -0.3 is 9.47 Å². The van der Waals surface area contributed by atoms with E-state index in [0.717, 1.165) is 0 Å². The molecule has 4 heteroatoms. The maximum absolute atomic E-state index is 11.6. The minimum atomic E-state index is -0.501. The van der Waals surface area contributed by atoms with Crippen molar-refractivity contribution >= 4 is 21.9 Å². The number of hydrogen-bond acceptors (Lipinski definition) is 3. The second kappa shape index (κ2) is 5.16. The van der Waals surface area contributed by atoms with Crippen LogP contribution in [0.15, 0.2) is 41.1 Å². The summed E-state index contributed by atoms with van der Waals surface area (Å²) < 4.78 is 10.6. The van der Waals surface area contributed by atoms with Crippen molar-refractivity contribution in [1.82, 2.24) is 0 Å². The second-order valence-electron chi connectivity index (χ2n) is 3.45. The Morgan fingerprint density at radius 3 is 2.75 bits per heavy atom. The third-order valence-electron chi connectivity index (χ3n) is 2.29. The van der Waals surface area contributed by atoms with E-state index in [-0.39, 0.29) is 5.97 Å². The van der Waals surface area contributed by atoms with Crippen molar-refractivity contribution in [1.29, 1.82) is 0 Å². The van der Waals surface area contributed by atoms with Crippen LogP contribution in [0.5, 0.6) is 5.75 Å². The average Bonchev–Trinajstić information content (AvgIpc) is 2.33. The van der Waals surface area contributed by atoms with Gasteiger partial charge in [0, 0.05) is 17.8 Å². The molecule has 0 bridgehead atoms. The first-order chi connectivity index (χ1) is 7.79. The van der Waals surface area contributed by atoms with Crippen LogP contribution in [-0.2, 0) is 9.53 Å². The predicted octanol–water partition coefficient (Wildman–Crippen LogP) is 3.01. The summed E-state index contributed by atoms with van der Waals surface area (Å²) in [5.74, 6) is 1.01. The molecule has 3 nitrogen and oxygen atoms in total. The Hall–Kier alpha value is -1.29. The van der Waals surface area contributed by atoms with Crippen molar-refractivity contribution in [2.45, 2.75) is 18.9 Å². The molecule has 0 aliphatic carbocycles. The number of cyclic esters (lactones) is 1. The van der Waals surface area contributed by atoms with Crippen molar-refractivity contribution < 1.29 is 14.3 Å². The highest BCUT2D eigenvalue weighted by molar-refractivity contribution is 9.11. The Kier molecular flexibility index (Phi) is 3.62. The van der Waals surface area contributed by atoms with Gasteiger partial charge in [0.2, 0.25) is 0 Å². The third-order valence-corrected chi connectivity index (χ3v) is 2.80. The lowest BCUT2D eigenvalue weighted by Gasteiger charge is -2.23. The van der Waals surface area contributed by atoms with E-state index in [2.05, 4.69) is 15.9 Å². The van der Waals surface area contributed by atoms with Crippen LogP contribution in [-0.4, -0.2) is 12.1 Å². The van der Waals surface area contributed by atoms with Crippen LogP contribution in [0.3, 0.4) is 0 Å². The van der Waals surface area contributed by atoms with Crippen molar-refractivity contribution in [3.8, 4) is 5.75 Å². The van der Waals surface area contributed by atoms with Gasteiger partial charge in [-0.1, -0.05) is 34.1 Å². The van der Waals surface area contributed by atoms with E-state index in [9.17, 15) is 4.79 Å². The summed E-state index contributed by atoms with van der Waals surface area (Å²) in [4.78, 5) is 13.2. The zero-order chi connectivity index (χ0) is 11.4. The lowest BCUT2D eigenvalue weighted by Crippen LogP contribution is -2.33. The Labute approximate surface area is 102 Å². The van der Waals surface area contributed by atoms with Gasteiger partial charge in [0.15, 0.2) is 6.10 Å². The van der Waals surface area contributed by atoms with Gasteiger partial charge in [-0.25, -0.2) is 4.79 Å². The molecule has 1 heterocycles. The molecule has 1 aromatic carbocycles. The fourth-order valence-electron chi connectivity index (χ4n) is 1.48. The SMILES string of the molecule is O=C1O/C(=C/Br)CCC1Oc1ccccc1. The molecular formula is C12H11BrO3. The lowest BCUT2D eigenvalue weighted by molar-refractivity contribution is -0.151. The molecule has 0 amide bonds. The van der Waals surface area contributed by atoms with Gasteiger partial charge in [0.25, 0.3) is 0 Å². The number of ether oxygens (including phenoxy) is 2. The highest BCUT2D eigenvalue weighted by Gasteiger charge is 2.28. The van der Waals surface area contributed by atoms with E-state index < -0.39 is 6.10 Å². The fraction of sp³-hybridized carbons (Fsp3) is 0.250. The zero-order valence-corrected chi connectivity index (χ0v) is 10.1. The maximum atomic E-state index is 11.6. The minimum Gasteiger partial charge on any atom is -0.479 e. The molecule has 16 heavy (non-hydrogen) atoms. The molecule has 2 rings (SSSR count). The van der Waals surface area contributed by atoms with Crippen molar-refractivity contribution in [3.05, 3.63) is 41.1 Å². The number of benzene rings is 1. The standard InChI is InChI=1S/C12H11BrO3/c13-8-10-6-7-11(12(14)16-10)15-9-4-2-1-3-5-9/h1-5,8,11H,6-7H2/b10-8+. The average molecular weight is 283 g/mol. The van der Waals surface area contributed by atoms with Crippen LogP contribution in [0.1, 0.15) is 12.8 Å². The number of hydrogen-bond donors (Lipinski definition) is 0. The number of rotatable bonds is 2. The van der Waals surface area contributed by atoms with Crippen LogP contribution in [0, 0.1) is 0 Å². The largest absolute Gasteiger partial charge is 0.479 e. The number of carbonyl (C=O) groups is 1. The molecule has 1 fully saturated rings. The zero-order valence-electron chi connectivity index (χ0n) is 8.56. The molecular weight excluding hydrogens is 272 g/mol. The van der Waals surface area contributed by atoms with Crippen molar-refractivity contribution in [2.24, 2.45) is 0 Å². The Balaban J connectivity index is 2.00. The Bertz CT molecular complexity index is 400. The molecule has 1 aromatic rings. The summed E-state index contributed by atoms with van der Waals surface area (Å²) >= 11 is 3.15. The third kappa shape index (κ3) is 2.64. The normalized spacial score (nSPS) is 22.9. The summed E-state index contributed by atoms with van der Waals surface area (Å²) in [6, 6.07) is 9.28. The molecule has 0 radical (unpaired) electrons. The predicted molar refractivity (Wildman–Crippen MR) is 63.2 cm³/mol. The Morgan fingerprint density at radius 1 is 1.38 bits per heavy atom. The number of carbonyl (C=O) groups excluding carboxylic acids is 1. The van der Waals surface area contributed by atoms with E-state index in [1.807, 2.05) is 30.3 Å². The van der Waals surface area contributed by atoms with Crippen molar-refractivity contribution in [2.75, 3.05) is 0 Å². The first kappa shape index (κ1) is 11.2. The maximum Gasteiger partial charge on any atom is 0.352 e. The number of halogens is 1. The highest BCUT2D eigenvalue weighted by Crippen LogP contribution is 2.23. The van der Waals surface area contributed by atoms with Gasteiger partial charge in [-0.2, -0.15) is 0 Å². The number of allylic oxidation sites excluding steroid dienone is 1. The molecule has 0 saturated carbocycles. The van der Waals surface area contributed by atoms with Gasteiger partial charge in [-0.3, -0.25) is 0 Å². The quantitative estimate of drug-likeness (QED) is 0.783. The van der Waals surface area contributed by atoms with Gasteiger partial charge in [-0.15, -0.1) is 0 Å². The Morgan fingerprint density at radius 2 is 2.12 bits per heavy atom. The summed E-state index contributed by atoms with van der Waals surface area (Å²) in [5.41, 5.74) is 0. The summed E-state index contributed by atoms with van der Waals surface area (Å²) in [7, 11) is 0. The first-order valence-electron chi connectivity index (χ1n) is 5.02.